The molecule has 20 heavy (non-hydrogen) atoms. The van der Waals surface area contributed by atoms with Gasteiger partial charge in [-0.25, -0.2) is 4.98 Å². The van der Waals surface area contributed by atoms with Gasteiger partial charge < -0.3 is 11.1 Å². The summed E-state index contributed by atoms with van der Waals surface area (Å²) < 4.78 is 0. The van der Waals surface area contributed by atoms with E-state index in [1.54, 1.807) is 0 Å². The first kappa shape index (κ1) is 14.3. The Morgan fingerprint density at radius 2 is 2.10 bits per heavy atom. The number of aryl methyl sites for hydroxylation is 1. The molecule has 1 unspecified atom stereocenters. The Morgan fingerprint density at radius 1 is 1.40 bits per heavy atom. The highest BCUT2D eigenvalue weighted by atomic mass is 35.5. The van der Waals surface area contributed by atoms with Gasteiger partial charge in [-0.05, 0) is 31.0 Å². The van der Waals surface area contributed by atoms with Crippen molar-refractivity contribution in [3.8, 4) is 0 Å². The third-order valence-electron chi connectivity index (χ3n) is 3.13. The first-order valence-corrected chi connectivity index (χ1v) is 6.64. The number of amides is 1. The van der Waals surface area contributed by atoms with Crippen LogP contribution in [0.2, 0.25) is 5.02 Å². The van der Waals surface area contributed by atoms with Crippen molar-refractivity contribution in [1.29, 1.82) is 0 Å². The molecule has 0 saturated heterocycles. The van der Waals surface area contributed by atoms with E-state index >= 15 is 0 Å². The molecule has 0 bridgehead atoms. The van der Waals surface area contributed by atoms with Crippen LogP contribution in [0.1, 0.15) is 34.5 Å². The molecule has 1 heterocycles. The summed E-state index contributed by atoms with van der Waals surface area (Å²) in [5.41, 5.74) is 8.13. The van der Waals surface area contributed by atoms with Crippen LogP contribution in [0.5, 0.6) is 0 Å². The molecule has 0 saturated carbocycles. The number of pyridine rings is 1. The number of aromatic nitrogens is 1. The number of carbonyl (C=O) groups excluding carboxylic acids is 1. The third-order valence-corrected chi connectivity index (χ3v) is 3.44. The van der Waals surface area contributed by atoms with Crippen LogP contribution in [0.4, 0.5) is 5.82 Å². The van der Waals surface area contributed by atoms with Crippen molar-refractivity contribution in [2.24, 2.45) is 0 Å². The minimum Gasteiger partial charge on any atom is -0.382 e. The molecule has 0 aliphatic carbocycles. The van der Waals surface area contributed by atoms with Crippen molar-refractivity contribution >= 4 is 23.3 Å². The Balaban J connectivity index is 2.15. The van der Waals surface area contributed by atoms with Crippen molar-refractivity contribution in [3.63, 3.8) is 0 Å². The van der Waals surface area contributed by atoms with E-state index in [2.05, 4.69) is 10.3 Å². The van der Waals surface area contributed by atoms with Gasteiger partial charge in [0, 0.05) is 6.20 Å². The summed E-state index contributed by atoms with van der Waals surface area (Å²) in [6.45, 7) is 3.95. The van der Waals surface area contributed by atoms with Gasteiger partial charge >= 0.3 is 0 Å². The number of halogens is 1. The highest BCUT2D eigenvalue weighted by molar-refractivity contribution is 6.33. The van der Waals surface area contributed by atoms with Gasteiger partial charge in [0.25, 0.3) is 5.91 Å². The van der Waals surface area contributed by atoms with E-state index in [0.717, 1.165) is 11.1 Å². The highest BCUT2D eigenvalue weighted by Crippen LogP contribution is 2.19. The molecule has 1 amide bonds. The molecule has 104 valence electrons. The van der Waals surface area contributed by atoms with Crippen LogP contribution < -0.4 is 11.1 Å². The predicted molar refractivity (Wildman–Crippen MR) is 80.7 cm³/mol. The van der Waals surface area contributed by atoms with Gasteiger partial charge in [0.1, 0.15) is 5.82 Å². The van der Waals surface area contributed by atoms with Gasteiger partial charge in [-0.2, -0.15) is 0 Å². The van der Waals surface area contributed by atoms with Gasteiger partial charge in [-0.15, -0.1) is 0 Å². The zero-order chi connectivity index (χ0) is 14.7. The SMILES string of the molecule is Cc1ccccc1C(C)NC(=O)c1cnc(N)c(Cl)c1. The van der Waals surface area contributed by atoms with Crippen LogP contribution in [0, 0.1) is 6.92 Å². The maximum atomic E-state index is 12.2. The van der Waals surface area contributed by atoms with Gasteiger partial charge in [0.05, 0.1) is 16.6 Å². The molecule has 4 nitrogen and oxygen atoms in total. The summed E-state index contributed by atoms with van der Waals surface area (Å²) in [7, 11) is 0. The summed E-state index contributed by atoms with van der Waals surface area (Å²) in [6, 6.07) is 9.35. The highest BCUT2D eigenvalue weighted by Gasteiger charge is 2.14. The van der Waals surface area contributed by atoms with Crippen molar-refractivity contribution in [2.75, 3.05) is 5.73 Å². The summed E-state index contributed by atoms with van der Waals surface area (Å²) >= 11 is 5.87. The Hall–Kier alpha value is -2.07. The Morgan fingerprint density at radius 3 is 2.75 bits per heavy atom. The van der Waals surface area contributed by atoms with E-state index in [4.69, 9.17) is 17.3 Å². The van der Waals surface area contributed by atoms with Crippen LogP contribution in [0.15, 0.2) is 36.5 Å². The first-order valence-electron chi connectivity index (χ1n) is 6.26. The lowest BCUT2D eigenvalue weighted by Crippen LogP contribution is -2.27. The van der Waals surface area contributed by atoms with Crippen LogP contribution in [-0.2, 0) is 0 Å². The monoisotopic (exact) mass is 289 g/mol. The molecule has 2 aromatic rings. The standard InChI is InChI=1S/C15H16ClN3O/c1-9-5-3-4-6-12(9)10(2)19-15(20)11-7-13(16)14(17)18-8-11/h3-8,10H,1-2H3,(H2,17,18)(H,19,20). The van der Waals surface area contributed by atoms with Gasteiger partial charge in [-0.1, -0.05) is 35.9 Å². The molecule has 0 aliphatic heterocycles. The number of benzene rings is 1. The second kappa shape index (κ2) is 5.92. The molecular formula is C15H16ClN3O. The van der Waals surface area contributed by atoms with E-state index in [-0.39, 0.29) is 22.8 Å². The maximum absolute atomic E-state index is 12.2. The summed E-state index contributed by atoms with van der Waals surface area (Å²) in [6.07, 6.45) is 1.42. The number of hydrogen-bond acceptors (Lipinski definition) is 3. The van der Waals surface area contributed by atoms with Gasteiger partial charge in [0.2, 0.25) is 0 Å². The van der Waals surface area contributed by atoms with Crippen LogP contribution >= 0.6 is 11.6 Å². The lowest BCUT2D eigenvalue weighted by molar-refractivity contribution is 0.0939. The van der Waals surface area contributed by atoms with Crippen LogP contribution in [-0.4, -0.2) is 10.9 Å². The van der Waals surface area contributed by atoms with Crippen LogP contribution in [0.25, 0.3) is 0 Å². The lowest BCUT2D eigenvalue weighted by Gasteiger charge is -2.16. The lowest BCUT2D eigenvalue weighted by atomic mass is 10.0. The average Bonchev–Trinajstić information content (AvgIpc) is 2.42. The topological polar surface area (TPSA) is 68.0 Å². The number of nitrogens with one attached hydrogen (secondary N) is 1. The Kier molecular flexibility index (Phi) is 4.25. The third kappa shape index (κ3) is 3.08. The first-order chi connectivity index (χ1) is 9.49. The molecule has 1 aromatic carbocycles. The molecule has 3 N–H and O–H groups in total. The molecular weight excluding hydrogens is 274 g/mol. The number of hydrogen-bond donors (Lipinski definition) is 2. The molecule has 0 aliphatic rings. The molecule has 0 spiro atoms. The van der Waals surface area contributed by atoms with Crippen LogP contribution in [0.3, 0.4) is 0 Å². The maximum Gasteiger partial charge on any atom is 0.253 e. The van der Waals surface area contributed by atoms with Gasteiger partial charge in [0.15, 0.2) is 0 Å². The molecule has 0 fully saturated rings. The Bertz CT molecular complexity index is 643. The van der Waals surface area contributed by atoms with Crippen molar-refractivity contribution < 1.29 is 4.79 Å². The fourth-order valence-corrected chi connectivity index (χ4v) is 2.17. The number of rotatable bonds is 3. The normalized spacial score (nSPS) is 11.9. The molecule has 1 aromatic heterocycles. The second-order valence-corrected chi connectivity index (χ2v) is 5.05. The van der Waals surface area contributed by atoms with E-state index in [1.165, 1.54) is 12.3 Å². The summed E-state index contributed by atoms with van der Waals surface area (Å²) in [5.74, 6) is -0.00896. The van der Waals surface area contributed by atoms with Crippen molar-refractivity contribution in [1.82, 2.24) is 10.3 Å². The van der Waals surface area contributed by atoms with E-state index in [0.29, 0.717) is 5.56 Å². The number of anilines is 1. The molecule has 5 heteroatoms. The van der Waals surface area contributed by atoms with Crippen molar-refractivity contribution in [3.05, 3.63) is 58.2 Å². The van der Waals surface area contributed by atoms with E-state index in [1.807, 2.05) is 38.1 Å². The quantitative estimate of drug-likeness (QED) is 0.912. The molecule has 2 rings (SSSR count). The predicted octanol–water partition coefficient (Wildman–Crippen LogP) is 3.12. The number of nitrogens with two attached hydrogens (primary N) is 1. The molecule has 1 atom stereocenters. The van der Waals surface area contributed by atoms with Crippen molar-refractivity contribution in [2.45, 2.75) is 19.9 Å². The minimum atomic E-state index is -0.227. The molecule has 0 radical (unpaired) electrons. The average molecular weight is 290 g/mol. The van der Waals surface area contributed by atoms with Gasteiger partial charge in [-0.3, -0.25) is 4.79 Å². The fraction of sp³-hybridized carbons (Fsp3) is 0.200. The fourth-order valence-electron chi connectivity index (χ4n) is 2.00. The smallest absolute Gasteiger partial charge is 0.253 e. The number of carbonyl (C=O) groups is 1. The summed E-state index contributed by atoms with van der Waals surface area (Å²) in [4.78, 5) is 16.0. The second-order valence-electron chi connectivity index (χ2n) is 4.64. The van der Waals surface area contributed by atoms with E-state index < -0.39 is 0 Å². The Labute approximate surface area is 123 Å². The summed E-state index contributed by atoms with van der Waals surface area (Å²) in [5, 5.41) is 3.20. The number of nitrogens with zero attached hydrogens (tertiary/aromatic N) is 1. The largest absolute Gasteiger partial charge is 0.382 e. The zero-order valence-electron chi connectivity index (χ0n) is 11.4. The number of nitrogen functional groups attached to an aromatic ring is 1. The zero-order valence-corrected chi connectivity index (χ0v) is 12.1. The van der Waals surface area contributed by atoms with E-state index in [9.17, 15) is 4.79 Å². The minimum absolute atomic E-state index is 0.0972.